The highest BCUT2D eigenvalue weighted by Crippen LogP contribution is 2.17. The lowest BCUT2D eigenvalue weighted by molar-refractivity contribution is 0.0946. The molecule has 0 unspecified atom stereocenters. The third-order valence-corrected chi connectivity index (χ3v) is 4.81. The van der Waals surface area contributed by atoms with Gasteiger partial charge in [-0.1, -0.05) is 11.6 Å². The van der Waals surface area contributed by atoms with Gasteiger partial charge in [-0.25, -0.2) is 4.68 Å². The number of aromatic nitrogens is 3. The minimum atomic E-state index is -0.108. The summed E-state index contributed by atoms with van der Waals surface area (Å²) in [6.07, 6.45) is 8.85. The molecule has 23 heavy (non-hydrogen) atoms. The Morgan fingerprint density at radius 1 is 1.26 bits per heavy atom. The first kappa shape index (κ1) is 16.4. The van der Waals surface area contributed by atoms with E-state index >= 15 is 0 Å². The Morgan fingerprint density at radius 3 is 2.83 bits per heavy atom. The molecule has 1 aromatic rings. The molecule has 7 heteroatoms. The van der Waals surface area contributed by atoms with E-state index in [-0.39, 0.29) is 5.91 Å². The van der Waals surface area contributed by atoms with Crippen molar-refractivity contribution in [3.8, 4) is 0 Å². The molecule has 2 saturated heterocycles. The Hall–Kier alpha value is -1.47. The zero-order chi connectivity index (χ0) is 15.9. The van der Waals surface area contributed by atoms with Crippen molar-refractivity contribution in [3.05, 3.63) is 11.9 Å². The summed E-state index contributed by atoms with van der Waals surface area (Å²) in [5.41, 5.74) is 0.432. The summed E-state index contributed by atoms with van der Waals surface area (Å²) >= 11 is 0. The van der Waals surface area contributed by atoms with Crippen LogP contribution in [0.2, 0.25) is 0 Å². The van der Waals surface area contributed by atoms with Gasteiger partial charge >= 0.3 is 0 Å². The maximum Gasteiger partial charge on any atom is 0.273 e. The quantitative estimate of drug-likeness (QED) is 0.759. The monoisotopic (exact) mass is 320 g/mol. The van der Waals surface area contributed by atoms with Gasteiger partial charge in [0, 0.05) is 6.54 Å². The van der Waals surface area contributed by atoms with Crippen LogP contribution in [-0.2, 0) is 0 Å². The molecule has 0 aliphatic carbocycles. The molecule has 0 spiro atoms. The lowest BCUT2D eigenvalue weighted by Gasteiger charge is -2.26. The van der Waals surface area contributed by atoms with Crippen molar-refractivity contribution >= 4 is 5.91 Å². The van der Waals surface area contributed by atoms with Gasteiger partial charge in [-0.15, -0.1) is 5.10 Å². The molecule has 7 nitrogen and oxygen atoms in total. The molecular formula is C16H28N6O. The lowest BCUT2D eigenvalue weighted by Crippen LogP contribution is -2.33. The van der Waals surface area contributed by atoms with Gasteiger partial charge in [0.15, 0.2) is 5.69 Å². The molecular weight excluding hydrogens is 292 g/mol. The minimum absolute atomic E-state index is 0.108. The highest BCUT2D eigenvalue weighted by molar-refractivity contribution is 5.91. The van der Waals surface area contributed by atoms with Gasteiger partial charge in [0.25, 0.3) is 5.91 Å². The van der Waals surface area contributed by atoms with E-state index in [2.05, 4.69) is 25.8 Å². The number of carbonyl (C=O) groups excluding carboxylic acids is 1. The van der Waals surface area contributed by atoms with E-state index in [0.29, 0.717) is 18.3 Å². The minimum Gasteiger partial charge on any atom is -0.351 e. The third-order valence-electron chi connectivity index (χ3n) is 4.81. The average molecular weight is 320 g/mol. The fourth-order valence-corrected chi connectivity index (χ4v) is 3.41. The molecule has 128 valence electrons. The van der Waals surface area contributed by atoms with Crippen LogP contribution in [0.3, 0.4) is 0 Å². The van der Waals surface area contributed by atoms with Gasteiger partial charge in [-0.2, -0.15) is 0 Å². The van der Waals surface area contributed by atoms with Gasteiger partial charge in [-0.3, -0.25) is 4.79 Å². The molecule has 2 aliphatic rings. The summed E-state index contributed by atoms with van der Waals surface area (Å²) in [6.45, 7) is 6.19. The van der Waals surface area contributed by atoms with Crippen LogP contribution >= 0.6 is 0 Å². The Labute approximate surface area is 137 Å². The normalized spacial score (nSPS) is 20.5. The van der Waals surface area contributed by atoms with E-state index in [0.717, 1.165) is 38.9 Å². The molecule has 2 aliphatic heterocycles. The number of carbonyl (C=O) groups is 1. The van der Waals surface area contributed by atoms with Crippen molar-refractivity contribution in [2.24, 2.45) is 0 Å². The number of nitrogens with one attached hydrogen (secondary N) is 2. The second kappa shape index (κ2) is 8.40. The molecule has 0 atom stereocenters. The van der Waals surface area contributed by atoms with Gasteiger partial charge in [0.2, 0.25) is 0 Å². The number of rotatable bonds is 6. The third kappa shape index (κ3) is 4.75. The van der Waals surface area contributed by atoms with E-state index in [9.17, 15) is 4.79 Å². The molecule has 2 fully saturated rings. The summed E-state index contributed by atoms with van der Waals surface area (Å²) in [4.78, 5) is 14.6. The van der Waals surface area contributed by atoms with Crippen molar-refractivity contribution < 1.29 is 4.79 Å². The van der Waals surface area contributed by atoms with E-state index in [1.165, 1.54) is 32.4 Å². The Morgan fingerprint density at radius 2 is 2.04 bits per heavy atom. The van der Waals surface area contributed by atoms with Crippen LogP contribution in [0.5, 0.6) is 0 Å². The Balaban J connectivity index is 1.38. The van der Waals surface area contributed by atoms with E-state index in [1.54, 1.807) is 6.20 Å². The molecule has 0 bridgehead atoms. The number of likely N-dealkylation sites (tertiary alicyclic amines) is 1. The lowest BCUT2D eigenvalue weighted by atomic mass is 10.1. The smallest absolute Gasteiger partial charge is 0.273 e. The van der Waals surface area contributed by atoms with Gasteiger partial charge in [-0.05, 0) is 64.8 Å². The molecule has 1 amide bonds. The number of piperidine rings is 2. The van der Waals surface area contributed by atoms with E-state index < -0.39 is 0 Å². The van der Waals surface area contributed by atoms with Crippen molar-refractivity contribution in [1.82, 2.24) is 30.5 Å². The first-order valence-electron chi connectivity index (χ1n) is 8.96. The molecule has 3 heterocycles. The largest absolute Gasteiger partial charge is 0.351 e. The van der Waals surface area contributed by atoms with Crippen LogP contribution < -0.4 is 10.6 Å². The number of hydrogen-bond acceptors (Lipinski definition) is 5. The van der Waals surface area contributed by atoms with Crippen LogP contribution in [0, 0.1) is 0 Å². The molecule has 2 N–H and O–H groups in total. The number of amides is 1. The highest BCUT2D eigenvalue weighted by atomic mass is 16.2. The summed E-state index contributed by atoms with van der Waals surface area (Å²) in [6, 6.07) is 0.365. The van der Waals surface area contributed by atoms with Crippen LogP contribution in [-0.4, -0.2) is 65.1 Å². The molecule has 0 aromatic carbocycles. The maximum atomic E-state index is 12.1. The maximum absolute atomic E-state index is 12.1. The molecule has 0 radical (unpaired) electrons. The zero-order valence-corrected chi connectivity index (χ0v) is 13.8. The second-order valence-corrected chi connectivity index (χ2v) is 6.58. The van der Waals surface area contributed by atoms with E-state index in [1.807, 2.05) is 4.68 Å². The Kier molecular flexibility index (Phi) is 5.99. The molecule has 3 rings (SSSR count). The van der Waals surface area contributed by atoms with Crippen molar-refractivity contribution in [2.75, 3.05) is 39.3 Å². The highest BCUT2D eigenvalue weighted by Gasteiger charge is 2.18. The van der Waals surface area contributed by atoms with Crippen molar-refractivity contribution in [3.63, 3.8) is 0 Å². The van der Waals surface area contributed by atoms with Gasteiger partial charge in [0.1, 0.15) is 0 Å². The molecule has 0 saturated carbocycles. The predicted octanol–water partition coefficient (Wildman–Crippen LogP) is 0.808. The van der Waals surface area contributed by atoms with Crippen molar-refractivity contribution in [1.29, 1.82) is 0 Å². The van der Waals surface area contributed by atoms with Gasteiger partial charge < -0.3 is 15.5 Å². The first-order chi connectivity index (χ1) is 11.3. The second-order valence-electron chi connectivity index (χ2n) is 6.58. The van der Waals surface area contributed by atoms with Gasteiger partial charge in [0.05, 0.1) is 12.2 Å². The van der Waals surface area contributed by atoms with Crippen LogP contribution in [0.25, 0.3) is 0 Å². The van der Waals surface area contributed by atoms with Crippen LogP contribution in [0.15, 0.2) is 6.20 Å². The predicted molar refractivity (Wildman–Crippen MR) is 88.4 cm³/mol. The van der Waals surface area contributed by atoms with Crippen molar-refractivity contribution in [2.45, 2.75) is 44.6 Å². The first-order valence-corrected chi connectivity index (χ1v) is 8.96. The SMILES string of the molecule is O=C(NCCCN1CCCCC1)c1cn(C2CCNCC2)nn1. The molecule has 1 aromatic heterocycles. The Bertz CT molecular complexity index is 491. The summed E-state index contributed by atoms with van der Waals surface area (Å²) in [7, 11) is 0. The fourth-order valence-electron chi connectivity index (χ4n) is 3.41. The standard InChI is InChI=1S/C16H28N6O/c23-16(18-7-4-12-21-10-2-1-3-11-21)15-13-22(20-19-15)14-5-8-17-9-6-14/h13-14,17H,1-12H2,(H,18,23). The van der Waals surface area contributed by atoms with Crippen LogP contribution in [0.4, 0.5) is 0 Å². The summed E-state index contributed by atoms with van der Waals surface area (Å²) < 4.78 is 1.85. The average Bonchev–Trinajstić information content (AvgIpc) is 3.10. The summed E-state index contributed by atoms with van der Waals surface area (Å²) in [5.74, 6) is -0.108. The number of hydrogen-bond donors (Lipinski definition) is 2. The topological polar surface area (TPSA) is 75.1 Å². The summed E-state index contributed by atoms with van der Waals surface area (Å²) in [5, 5.41) is 14.5. The van der Waals surface area contributed by atoms with Crippen LogP contribution in [0.1, 0.15) is 55.1 Å². The number of nitrogens with zero attached hydrogens (tertiary/aromatic N) is 4. The van der Waals surface area contributed by atoms with E-state index in [4.69, 9.17) is 0 Å². The zero-order valence-electron chi connectivity index (χ0n) is 13.8. The fraction of sp³-hybridized carbons (Fsp3) is 0.812.